The van der Waals surface area contributed by atoms with E-state index < -0.39 is 0 Å². The molecule has 1 rings (SSSR count). The summed E-state index contributed by atoms with van der Waals surface area (Å²) in [6.07, 6.45) is 0.894. The number of nitrogens with two attached hydrogens (primary N) is 1. The normalized spacial score (nSPS) is 10.2. The van der Waals surface area contributed by atoms with Crippen LogP contribution < -0.4 is 5.73 Å². The van der Waals surface area contributed by atoms with Crippen LogP contribution in [0.15, 0.2) is 18.2 Å². The van der Waals surface area contributed by atoms with Crippen LogP contribution in [0.4, 0.5) is 5.69 Å². The second kappa shape index (κ2) is 7.22. The van der Waals surface area contributed by atoms with Gasteiger partial charge in [-0.3, -0.25) is 0 Å². The van der Waals surface area contributed by atoms with Crippen LogP contribution in [0.2, 0.25) is 0 Å². The molecule has 4 heteroatoms. The number of rotatable bonds is 6. The Balaban J connectivity index is 2.41. The number of benzene rings is 1. The molecule has 17 heavy (non-hydrogen) atoms. The Morgan fingerprint density at radius 2 is 2.18 bits per heavy atom. The average Bonchev–Trinajstić information content (AvgIpc) is 2.27. The lowest BCUT2D eigenvalue weighted by atomic mass is 10.1. The van der Waals surface area contributed by atoms with Gasteiger partial charge in [0, 0.05) is 5.69 Å². The Morgan fingerprint density at radius 3 is 2.82 bits per heavy atom. The number of hydrogen-bond donors (Lipinski definition) is 1. The molecule has 0 saturated heterocycles. The first-order valence-corrected chi connectivity index (χ1v) is 6.91. The van der Waals surface area contributed by atoms with E-state index in [0.717, 1.165) is 23.5 Å². The van der Waals surface area contributed by atoms with Gasteiger partial charge in [-0.15, -0.1) is 0 Å². The zero-order valence-corrected chi connectivity index (χ0v) is 11.2. The molecule has 0 fully saturated rings. The molecule has 2 N–H and O–H groups in total. The molecule has 0 aliphatic carbocycles. The smallest absolute Gasteiger partial charge is 0.338 e. The van der Waals surface area contributed by atoms with Crippen molar-refractivity contribution >= 4 is 23.4 Å². The average molecular weight is 253 g/mol. The summed E-state index contributed by atoms with van der Waals surface area (Å²) in [5.74, 6) is 1.84. The van der Waals surface area contributed by atoms with Gasteiger partial charge in [-0.2, -0.15) is 11.8 Å². The van der Waals surface area contributed by atoms with Crippen LogP contribution in [0.25, 0.3) is 0 Å². The van der Waals surface area contributed by atoms with Crippen LogP contribution in [-0.2, 0) is 4.74 Å². The highest BCUT2D eigenvalue weighted by Gasteiger charge is 2.07. The van der Waals surface area contributed by atoms with Gasteiger partial charge >= 0.3 is 5.97 Å². The van der Waals surface area contributed by atoms with Crippen LogP contribution in [0.3, 0.4) is 0 Å². The van der Waals surface area contributed by atoms with Crippen molar-refractivity contribution in [2.75, 3.05) is 23.8 Å². The quantitative estimate of drug-likeness (QED) is 0.481. The maximum Gasteiger partial charge on any atom is 0.338 e. The number of carbonyl (C=O) groups is 1. The fourth-order valence-corrected chi connectivity index (χ4v) is 2.09. The SMILES string of the molecule is CCSCCCOC(=O)c1cc(C)cc(N)c1. The van der Waals surface area contributed by atoms with E-state index in [1.165, 1.54) is 0 Å². The fraction of sp³-hybridized carbons (Fsp3) is 0.462. The number of thioether (sulfide) groups is 1. The van der Waals surface area contributed by atoms with Crippen LogP contribution in [0, 0.1) is 6.92 Å². The molecule has 0 spiro atoms. The second-order valence-electron chi connectivity index (χ2n) is 3.82. The molecule has 0 aliphatic rings. The molecular weight excluding hydrogens is 234 g/mol. The minimum atomic E-state index is -0.290. The Kier molecular flexibility index (Phi) is 5.91. The summed E-state index contributed by atoms with van der Waals surface area (Å²) in [4.78, 5) is 11.7. The maximum atomic E-state index is 11.7. The van der Waals surface area contributed by atoms with Crippen molar-refractivity contribution < 1.29 is 9.53 Å². The van der Waals surface area contributed by atoms with Crippen molar-refractivity contribution in [3.8, 4) is 0 Å². The molecule has 0 radical (unpaired) electrons. The molecule has 0 aliphatic heterocycles. The summed E-state index contributed by atoms with van der Waals surface area (Å²) < 4.78 is 5.18. The number of aryl methyl sites for hydroxylation is 1. The predicted octanol–water partition coefficient (Wildman–Crippen LogP) is 2.88. The molecule has 0 heterocycles. The monoisotopic (exact) mass is 253 g/mol. The summed E-state index contributed by atoms with van der Waals surface area (Å²) in [6, 6.07) is 5.27. The van der Waals surface area contributed by atoms with Crippen LogP contribution in [-0.4, -0.2) is 24.1 Å². The predicted molar refractivity (Wildman–Crippen MR) is 73.5 cm³/mol. The number of hydrogen-bond acceptors (Lipinski definition) is 4. The van der Waals surface area contributed by atoms with Crippen LogP contribution >= 0.6 is 11.8 Å². The molecule has 0 unspecified atom stereocenters. The standard InChI is InChI=1S/C13H19NO2S/c1-3-17-6-4-5-16-13(15)11-7-10(2)8-12(14)9-11/h7-9H,3-6,14H2,1-2H3. The van der Waals surface area contributed by atoms with Gasteiger partial charge in [0.05, 0.1) is 12.2 Å². The summed E-state index contributed by atoms with van der Waals surface area (Å²) in [6.45, 7) is 4.50. The first-order chi connectivity index (χ1) is 8.13. The van der Waals surface area contributed by atoms with Gasteiger partial charge in [0.15, 0.2) is 0 Å². The van der Waals surface area contributed by atoms with Crippen molar-refractivity contribution in [1.82, 2.24) is 0 Å². The van der Waals surface area contributed by atoms with E-state index >= 15 is 0 Å². The lowest BCUT2D eigenvalue weighted by Gasteiger charge is -2.06. The number of carbonyl (C=O) groups excluding carboxylic acids is 1. The first kappa shape index (κ1) is 13.9. The van der Waals surface area contributed by atoms with Gasteiger partial charge in [0.25, 0.3) is 0 Å². The molecule has 3 nitrogen and oxygen atoms in total. The van der Waals surface area contributed by atoms with Crippen LogP contribution in [0.1, 0.15) is 29.3 Å². The Labute approximate surface area is 107 Å². The summed E-state index contributed by atoms with van der Waals surface area (Å²) in [7, 11) is 0. The summed E-state index contributed by atoms with van der Waals surface area (Å²) in [5, 5.41) is 0. The summed E-state index contributed by atoms with van der Waals surface area (Å²) in [5.41, 5.74) is 7.78. The number of nitrogen functional groups attached to an aromatic ring is 1. The molecule has 0 saturated carbocycles. The Hall–Kier alpha value is -1.16. The van der Waals surface area contributed by atoms with E-state index in [4.69, 9.17) is 10.5 Å². The van der Waals surface area contributed by atoms with E-state index in [1.807, 2.05) is 24.8 Å². The van der Waals surface area contributed by atoms with Gasteiger partial charge < -0.3 is 10.5 Å². The molecule has 1 aromatic rings. The topological polar surface area (TPSA) is 52.3 Å². The van der Waals surface area contributed by atoms with Crippen LogP contribution in [0.5, 0.6) is 0 Å². The van der Waals surface area contributed by atoms with E-state index in [2.05, 4.69) is 6.92 Å². The zero-order valence-electron chi connectivity index (χ0n) is 10.4. The highest BCUT2D eigenvalue weighted by Crippen LogP contribution is 2.12. The van der Waals surface area contributed by atoms with Crippen molar-refractivity contribution in [2.45, 2.75) is 20.3 Å². The van der Waals surface area contributed by atoms with Crippen molar-refractivity contribution in [1.29, 1.82) is 0 Å². The molecule has 0 bridgehead atoms. The lowest BCUT2D eigenvalue weighted by molar-refractivity contribution is 0.0506. The number of esters is 1. The largest absolute Gasteiger partial charge is 0.462 e. The third kappa shape index (κ3) is 5.13. The Bertz CT molecular complexity index is 359. The molecule has 0 amide bonds. The summed E-state index contributed by atoms with van der Waals surface area (Å²) >= 11 is 1.85. The highest BCUT2D eigenvalue weighted by atomic mass is 32.2. The van der Waals surface area contributed by atoms with E-state index in [1.54, 1.807) is 12.1 Å². The van der Waals surface area contributed by atoms with Crippen molar-refractivity contribution in [3.63, 3.8) is 0 Å². The zero-order chi connectivity index (χ0) is 12.7. The lowest BCUT2D eigenvalue weighted by Crippen LogP contribution is -2.08. The number of anilines is 1. The van der Waals surface area contributed by atoms with Gasteiger partial charge in [0.2, 0.25) is 0 Å². The third-order valence-corrected chi connectivity index (χ3v) is 3.19. The molecule has 1 aromatic carbocycles. The van der Waals surface area contributed by atoms with Gasteiger partial charge in [-0.05, 0) is 48.6 Å². The van der Waals surface area contributed by atoms with E-state index in [-0.39, 0.29) is 5.97 Å². The molecule has 0 aromatic heterocycles. The Morgan fingerprint density at radius 1 is 1.41 bits per heavy atom. The third-order valence-electron chi connectivity index (χ3n) is 2.21. The first-order valence-electron chi connectivity index (χ1n) is 5.75. The van der Waals surface area contributed by atoms with Gasteiger partial charge in [-0.1, -0.05) is 6.92 Å². The highest BCUT2D eigenvalue weighted by molar-refractivity contribution is 7.99. The molecule has 94 valence electrons. The minimum Gasteiger partial charge on any atom is -0.462 e. The minimum absolute atomic E-state index is 0.290. The van der Waals surface area contributed by atoms with E-state index in [9.17, 15) is 4.79 Å². The maximum absolute atomic E-state index is 11.7. The molecule has 0 atom stereocenters. The number of ether oxygens (including phenoxy) is 1. The molecular formula is C13H19NO2S. The van der Waals surface area contributed by atoms with E-state index in [0.29, 0.717) is 17.9 Å². The van der Waals surface area contributed by atoms with Gasteiger partial charge in [0.1, 0.15) is 0 Å². The van der Waals surface area contributed by atoms with Crippen molar-refractivity contribution in [3.05, 3.63) is 29.3 Å². The van der Waals surface area contributed by atoms with Gasteiger partial charge in [-0.25, -0.2) is 4.79 Å². The second-order valence-corrected chi connectivity index (χ2v) is 5.21. The van der Waals surface area contributed by atoms with Crippen molar-refractivity contribution in [2.24, 2.45) is 0 Å². The fourth-order valence-electron chi connectivity index (χ4n) is 1.48.